The number of anilines is 1. The molecule has 2 fully saturated rings. The van der Waals surface area contributed by atoms with Crippen LogP contribution in [-0.2, 0) is 0 Å². The Hall–Kier alpha value is -4.59. The number of likely N-dealkylation sites (tertiary alicyclic amines) is 1. The molecule has 6 rings (SSSR count). The Morgan fingerprint density at radius 3 is 2.40 bits per heavy atom. The van der Waals surface area contributed by atoms with E-state index in [0.717, 1.165) is 36.8 Å². The molecule has 14 heteroatoms. The molecule has 0 bridgehead atoms. The smallest absolute Gasteiger partial charge is 0.320 e. The number of hydrogen-bond donors (Lipinski definition) is 2. The first-order chi connectivity index (χ1) is 19.5. The van der Waals surface area contributed by atoms with Crippen LogP contribution in [0.2, 0.25) is 0 Å². The summed E-state index contributed by atoms with van der Waals surface area (Å²) < 4.78 is 4.64. The van der Waals surface area contributed by atoms with Gasteiger partial charge >= 0.3 is 6.03 Å². The summed E-state index contributed by atoms with van der Waals surface area (Å²) in [7, 11) is 0. The van der Waals surface area contributed by atoms with Crippen molar-refractivity contribution in [2.24, 2.45) is 0 Å². The predicted molar refractivity (Wildman–Crippen MR) is 146 cm³/mol. The van der Waals surface area contributed by atoms with Gasteiger partial charge in [-0.15, -0.1) is 11.3 Å². The number of hydrazine groups is 1. The summed E-state index contributed by atoms with van der Waals surface area (Å²) in [5.74, 6) is 0.118. The molecule has 2 aliphatic heterocycles. The van der Waals surface area contributed by atoms with Gasteiger partial charge in [0.05, 0.1) is 5.01 Å². The van der Waals surface area contributed by atoms with Crippen LogP contribution in [-0.4, -0.2) is 87.2 Å². The second kappa shape index (κ2) is 11.3. The summed E-state index contributed by atoms with van der Waals surface area (Å²) in [5, 5.41) is 9.95. The number of carbonyl (C=O) groups is 3. The number of benzene rings is 1. The first kappa shape index (κ1) is 25.7. The van der Waals surface area contributed by atoms with Gasteiger partial charge in [0.2, 0.25) is 0 Å². The van der Waals surface area contributed by atoms with E-state index in [1.807, 2.05) is 28.0 Å². The fourth-order valence-corrected chi connectivity index (χ4v) is 5.91. The predicted octanol–water partition coefficient (Wildman–Crippen LogP) is 2.27. The Balaban J connectivity index is 0.965. The molecule has 5 heterocycles. The number of nitrogens with zero attached hydrogens (tertiary/aromatic N) is 7. The van der Waals surface area contributed by atoms with Gasteiger partial charge in [-0.25, -0.2) is 19.4 Å². The Morgan fingerprint density at radius 1 is 0.875 bits per heavy atom. The number of rotatable bonds is 4. The van der Waals surface area contributed by atoms with E-state index in [1.165, 1.54) is 17.4 Å². The number of aromatic nitrogens is 4. The summed E-state index contributed by atoms with van der Waals surface area (Å²) in [6.45, 7) is 4.15. The van der Waals surface area contributed by atoms with Gasteiger partial charge in [-0.2, -0.15) is 0 Å². The van der Waals surface area contributed by atoms with Crippen molar-refractivity contribution < 1.29 is 19.0 Å². The Labute approximate surface area is 233 Å². The van der Waals surface area contributed by atoms with Crippen molar-refractivity contribution in [3.05, 3.63) is 64.2 Å². The summed E-state index contributed by atoms with van der Waals surface area (Å²) in [6, 6.07) is 10.6. The molecule has 0 unspecified atom stereocenters. The molecule has 13 nitrogen and oxygen atoms in total. The SMILES string of the molecule is O=C(NNC(=O)c1csc(C2CCN(C(=O)N3CCN(c4ccccn4)CC3)CC2)n1)c1ccc2nonc2c1. The first-order valence-electron chi connectivity index (χ1n) is 13.0. The van der Waals surface area contributed by atoms with Gasteiger partial charge in [0.25, 0.3) is 11.8 Å². The lowest BCUT2D eigenvalue weighted by atomic mass is 9.98. The van der Waals surface area contributed by atoms with Crippen molar-refractivity contribution in [3.63, 3.8) is 0 Å². The van der Waals surface area contributed by atoms with E-state index in [9.17, 15) is 14.4 Å². The molecule has 3 aromatic heterocycles. The van der Waals surface area contributed by atoms with E-state index >= 15 is 0 Å². The van der Waals surface area contributed by atoms with Crippen LogP contribution < -0.4 is 15.8 Å². The third kappa shape index (κ3) is 5.43. The van der Waals surface area contributed by atoms with Crippen LogP contribution in [0.5, 0.6) is 0 Å². The fraction of sp³-hybridized carbons (Fsp3) is 0.346. The van der Waals surface area contributed by atoms with E-state index in [0.29, 0.717) is 42.8 Å². The monoisotopic (exact) mass is 561 g/mol. The van der Waals surface area contributed by atoms with Crippen molar-refractivity contribution >= 4 is 46.0 Å². The average molecular weight is 562 g/mol. The lowest BCUT2D eigenvalue weighted by Gasteiger charge is -2.39. The Bertz CT molecular complexity index is 1510. The molecule has 2 N–H and O–H groups in total. The van der Waals surface area contributed by atoms with E-state index in [1.54, 1.807) is 23.7 Å². The van der Waals surface area contributed by atoms with Crippen molar-refractivity contribution in [1.82, 2.24) is 40.9 Å². The van der Waals surface area contributed by atoms with Crippen LogP contribution in [0.25, 0.3) is 11.0 Å². The van der Waals surface area contributed by atoms with Gasteiger partial charge in [0, 0.05) is 62.3 Å². The topological polar surface area (TPSA) is 150 Å². The van der Waals surface area contributed by atoms with Gasteiger partial charge in [-0.3, -0.25) is 20.4 Å². The molecule has 2 aliphatic rings. The molecule has 4 aromatic rings. The standard InChI is InChI=1S/C26H27N9O4S/c36-23(18-4-5-19-20(15-18)32-39-31-19)29-30-24(37)21-16-40-25(28-21)17-6-9-34(10-7-17)26(38)35-13-11-33(12-14-35)22-3-1-2-8-27-22/h1-5,8,15-17H,6-7,9-14H2,(H,29,36)(H,30,37). The second-order valence-electron chi connectivity index (χ2n) is 9.65. The summed E-state index contributed by atoms with van der Waals surface area (Å²) in [5.41, 5.74) is 6.32. The van der Waals surface area contributed by atoms with Gasteiger partial charge in [-0.05, 0) is 53.5 Å². The minimum atomic E-state index is -0.502. The van der Waals surface area contributed by atoms with Crippen LogP contribution in [0, 0.1) is 0 Å². The number of pyridine rings is 1. The molecular formula is C26H27N9O4S. The van der Waals surface area contributed by atoms with E-state index < -0.39 is 11.8 Å². The van der Waals surface area contributed by atoms with Gasteiger partial charge in [-0.1, -0.05) is 6.07 Å². The molecular weight excluding hydrogens is 534 g/mol. The van der Waals surface area contributed by atoms with Crippen molar-refractivity contribution in [3.8, 4) is 0 Å². The number of fused-ring (bicyclic) bond motifs is 1. The van der Waals surface area contributed by atoms with E-state index in [4.69, 9.17) is 0 Å². The fourth-order valence-electron chi connectivity index (χ4n) is 4.94. The zero-order valence-corrected chi connectivity index (χ0v) is 22.3. The van der Waals surface area contributed by atoms with Gasteiger partial charge in [0.1, 0.15) is 22.5 Å². The van der Waals surface area contributed by atoms with Crippen LogP contribution >= 0.6 is 11.3 Å². The number of hydrogen-bond acceptors (Lipinski definition) is 10. The molecule has 2 saturated heterocycles. The maximum Gasteiger partial charge on any atom is 0.320 e. The molecule has 40 heavy (non-hydrogen) atoms. The number of amides is 4. The number of piperazine rings is 1. The van der Waals surface area contributed by atoms with Crippen LogP contribution in [0.3, 0.4) is 0 Å². The molecule has 206 valence electrons. The summed E-state index contributed by atoms with van der Waals surface area (Å²) in [4.78, 5) is 53.1. The Morgan fingerprint density at radius 2 is 1.62 bits per heavy atom. The number of nitrogens with one attached hydrogen (secondary N) is 2. The zero-order chi connectivity index (χ0) is 27.5. The molecule has 0 aliphatic carbocycles. The minimum absolute atomic E-state index is 0.0769. The number of piperidine rings is 1. The normalized spacial score (nSPS) is 16.2. The van der Waals surface area contributed by atoms with Crippen molar-refractivity contribution in [2.45, 2.75) is 18.8 Å². The van der Waals surface area contributed by atoms with E-state index in [2.05, 4.69) is 40.7 Å². The Kier molecular flexibility index (Phi) is 7.23. The maximum atomic E-state index is 13.1. The number of urea groups is 1. The average Bonchev–Trinajstić information content (AvgIpc) is 3.70. The van der Waals surface area contributed by atoms with Crippen molar-refractivity contribution in [1.29, 1.82) is 0 Å². The minimum Gasteiger partial charge on any atom is -0.353 e. The lowest BCUT2D eigenvalue weighted by Crippen LogP contribution is -2.54. The highest BCUT2D eigenvalue weighted by atomic mass is 32.1. The maximum absolute atomic E-state index is 13.1. The largest absolute Gasteiger partial charge is 0.353 e. The third-order valence-electron chi connectivity index (χ3n) is 7.20. The van der Waals surface area contributed by atoms with Gasteiger partial charge in [0.15, 0.2) is 0 Å². The van der Waals surface area contributed by atoms with Crippen molar-refractivity contribution in [2.75, 3.05) is 44.2 Å². The molecule has 4 amide bonds. The summed E-state index contributed by atoms with van der Waals surface area (Å²) in [6.07, 6.45) is 3.35. The zero-order valence-electron chi connectivity index (χ0n) is 21.5. The highest BCUT2D eigenvalue weighted by Gasteiger charge is 2.30. The summed E-state index contributed by atoms with van der Waals surface area (Å²) >= 11 is 1.42. The van der Waals surface area contributed by atoms with Crippen LogP contribution in [0.15, 0.2) is 52.6 Å². The third-order valence-corrected chi connectivity index (χ3v) is 8.21. The number of thiazole rings is 1. The lowest BCUT2D eigenvalue weighted by molar-refractivity contribution is 0.0844. The molecule has 0 radical (unpaired) electrons. The molecule has 0 atom stereocenters. The quantitative estimate of drug-likeness (QED) is 0.358. The van der Waals surface area contributed by atoms with E-state index in [-0.39, 0.29) is 17.6 Å². The first-order valence-corrected chi connectivity index (χ1v) is 13.9. The second-order valence-corrected chi connectivity index (χ2v) is 10.5. The van der Waals surface area contributed by atoms with Crippen LogP contribution in [0.4, 0.5) is 10.6 Å². The number of carbonyl (C=O) groups excluding carboxylic acids is 3. The molecule has 0 saturated carbocycles. The van der Waals surface area contributed by atoms with Gasteiger partial charge < -0.3 is 14.7 Å². The molecule has 0 spiro atoms. The molecule has 1 aromatic carbocycles. The highest BCUT2D eigenvalue weighted by Crippen LogP contribution is 2.31. The highest BCUT2D eigenvalue weighted by molar-refractivity contribution is 7.09. The van der Waals surface area contributed by atoms with Crippen LogP contribution in [0.1, 0.15) is 44.6 Å².